The number of nitrogens with one attached hydrogen (secondary N) is 1. The molecule has 1 unspecified atom stereocenters. The molecule has 1 atom stereocenters. The van der Waals surface area contributed by atoms with Crippen molar-refractivity contribution in [2.24, 2.45) is 11.8 Å². The Kier molecular flexibility index (Phi) is 5.66. The SMILES string of the molecule is CCOC1CC(CC(NN)c2cc(Cl)ccc2OC)C1. The van der Waals surface area contributed by atoms with Crippen LogP contribution in [-0.2, 0) is 4.74 Å². The van der Waals surface area contributed by atoms with Gasteiger partial charge in [0.1, 0.15) is 5.75 Å². The van der Waals surface area contributed by atoms with Crippen LogP contribution in [0, 0.1) is 5.92 Å². The Labute approximate surface area is 125 Å². The van der Waals surface area contributed by atoms with Crippen LogP contribution in [0.3, 0.4) is 0 Å². The van der Waals surface area contributed by atoms with E-state index in [9.17, 15) is 0 Å². The van der Waals surface area contributed by atoms with E-state index in [1.165, 1.54) is 0 Å². The van der Waals surface area contributed by atoms with Crippen LogP contribution < -0.4 is 16.0 Å². The Balaban J connectivity index is 2.00. The maximum atomic E-state index is 6.08. The number of hydrazine groups is 1. The van der Waals surface area contributed by atoms with Crippen molar-refractivity contribution in [1.82, 2.24) is 5.43 Å². The highest BCUT2D eigenvalue weighted by atomic mass is 35.5. The summed E-state index contributed by atoms with van der Waals surface area (Å²) in [7, 11) is 1.66. The molecule has 1 aliphatic carbocycles. The Hall–Kier alpha value is -0.810. The molecule has 1 fully saturated rings. The summed E-state index contributed by atoms with van der Waals surface area (Å²) in [5.74, 6) is 7.17. The summed E-state index contributed by atoms with van der Waals surface area (Å²) in [6, 6.07) is 5.68. The van der Waals surface area contributed by atoms with Crippen molar-refractivity contribution in [2.75, 3.05) is 13.7 Å². The molecule has 1 aliphatic rings. The zero-order valence-corrected chi connectivity index (χ0v) is 12.8. The van der Waals surface area contributed by atoms with Gasteiger partial charge in [0.25, 0.3) is 0 Å². The van der Waals surface area contributed by atoms with E-state index in [1.807, 2.05) is 25.1 Å². The van der Waals surface area contributed by atoms with E-state index in [0.29, 0.717) is 17.0 Å². The van der Waals surface area contributed by atoms with E-state index in [2.05, 4.69) is 5.43 Å². The van der Waals surface area contributed by atoms with Crippen LogP contribution in [0.15, 0.2) is 18.2 Å². The number of hydrogen-bond acceptors (Lipinski definition) is 4. The molecule has 0 aliphatic heterocycles. The first-order valence-electron chi connectivity index (χ1n) is 7.09. The first-order valence-corrected chi connectivity index (χ1v) is 7.46. The molecule has 0 bridgehead atoms. The molecule has 1 aromatic carbocycles. The number of ether oxygens (including phenoxy) is 2. The third kappa shape index (κ3) is 3.64. The molecular weight excluding hydrogens is 276 g/mol. The van der Waals surface area contributed by atoms with Crippen molar-refractivity contribution in [3.8, 4) is 5.75 Å². The molecule has 0 amide bonds. The minimum absolute atomic E-state index is 0.0521. The first-order chi connectivity index (χ1) is 9.67. The average Bonchev–Trinajstić information content (AvgIpc) is 2.41. The standard InChI is InChI=1S/C15H23ClN2O2/c1-3-20-12-6-10(7-12)8-14(18-17)13-9-11(16)4-5-15(13)19-2/h4-5,9-10,12,14,18H,3,6-8,17H2,1-2H3. The van der Waals surface area contributed by atoms with Gasteiger partial charge in [-0.15, -0.1) is 0 Å². The Morgan fingerprint density at radius 3 is 2.80 bits per heavy atom. The van der Waals surface area contributed by atoms with Crippen LogP contribution in [0.4, 0.5) is 0 Å². The van der Waals surface area contributed by atoms with Crippen LogP contribution in [0.1, 0.15) is 37.8 Å². The highest BCUT2D eigenvalue weighted by Crippen LogP contribution is 2.39. The van der Waals surface area contributed by atoms with E-state index >= 15 is 0 Å². The van der Waals surface area contributed by atoms with Crippen LogP contribution in [-0.4, -0.2) is 19.8 Å². The molecule has 0 aromatic heterocycles. The van der Waals surface area contributed by atoms with Crippen molar-refractivity contribution < 1.29 is 9.47 Å². The topological polar surface area (TPSA) is 56.5 Å². The molecule has 0 spiro atoms. The second kappa shape index (κ2) is 7.27. The van der Waals surface area contributed by atoms with Gasteiger partial charge in [-0.2, -0.15) is 0 Å². The van der Waals surface area contributed by atoms with Crippen LogP contribution >= 0.6 is 11.6 Å². The third-order valence-corrected chi connectivity index (χ3v) is 4.17. The van der Waals surface area contributed by atoms with Gasteiger partial charge in [-0.3, -0.25) is 11.3 Å². The monoisotopic (exact) mass is 298 g/mol. The maximum absolute atomic E-state index is 6.08. The Morgan fingerprint density at radius 2 is 2.20 bits per heavy atom. The zero-order chi connectivity index (χ0) is 14.5. The lowest BCUT2D eigenvalue weighted by Crippen LogP contribution is -2.36. The van der Waals surface area contributed by atoms with Crippen molar-refractivity contribution in [3.63, 3.8) is 0 Å². The summed E-state index contributed by atoms with van der Waals surface area (Å²) in [6.45, 7) is 2.83. The van der Waals surface area contributed by atoms with Gasteiger partial charge >= 0.3 is 0 Å². The van der Waals surface area contributed by atoms with Gasteiger partial charge in [-0.05, 0) is 50.3 Å². The highest BCUT2D eigenvalue weighted by molar-refractivity contribution is 6.30. The van der Waals surface area contributed by atoms with Gasteiger partial charge in [0.05, 0.1) is 13.2 Å². The van der Waals surface area contributed by atoms with Crippen molar-refractivity contribution in [2.45, 2.75) is 38.3 Å². The average molecular weight is 299 g/mol. The molecule has 20 heavy (non-hydrogen) atoms. The van der Waals surface area contributed by atoms with Gasteiger partial charge in [-0.25, -0.2) is 0 Å². The molecular formula is C15H23ClN2O2. The van der Waals surface area contributed by atoms with Gasteiger partial charge in [0.2, 0.25) is 0 Å². The molecule has 112 valence electrons. The number of benzene rings is 1. The van der Waals surface area contributed by atoms with Crippen molar-refractivity contribution >= 4 is 11.6 Å². The highest BCUT2D eigenvalue weighted by Gasteiger charge is 2.32. The quantitative estimate of drug-likeness (QED) is 0.600. The number of hydrogen-bond donors (Lipinski definition) is 2. The molecule has 1 aromatic rings. The van der Waals surface area contributed by atoms with Gasteiger partial charge in [-0.1, -0.05) is 11.6 Å². The molecule has 2 rings (SSSR count). The summed E-state index contributed by atoms with van der Waals surface area (Å²) >= 11 is 6.08. The Morgan fingerprint density at radius 1 is 1.45 bits per heavy atom. The number of rotatable bonds is 7. The molecule has 4 nitrogen and oxygen atoms in total. The van der Waals surface area contributed by atoms with E-state index in [1.54, 1.807) is 7.11 Å². The number of halogens is 1. The molecule has 1 saturated carbocycles. The van der Waals surface area contributed by atoms with Gasteiger partial charge < -0.3 is 9.47 Å². The summed E-state index contributed by atoms with van der Waals surface area (Å²) in [5.41, 5.74) is 3.90. The number of nitrogens with two attached hydrogens (primary N) is 1. The summed E-state index contributed by atoms with van der Waals surface area (Å²) in [4.78, 5) is 0. The van der Waals surface area contributed by atoms with Crippen LogP contribution in [0.25, 0.3) is 0 Å². The van der Waals surface area contributed by atoms with Crippen molar-refractivity contribution in [3.05, 3.63) is 28.8 Å². The predicted octanol–water partition coefficient (Wildman–Crippen LogP) is 3.06. The van der Waals surface area contributed by atoms with E-state index in [4.69, 9.17) is 26.9 Å². The van der Waals surface area contributed by atoms with E-state index in [-0.39, 0.29) is 6.04 Å². The van der Waals surface area contributed by atoms with E-state index in [0.717, 1.165) is 37.2 Å². The summed E-state index contributed by atoms with van der Waals surface area (Å²) < 4.78 is 11.0. The van der Waals surface area contributed by atoms with Crippen molar-refractivity contribution in [1.29, 1.82) is 0 Å². The van der Waals surface area contributed by atoms with Gasteiger partial charge in [0.15, 0.2) is 0 Å². The second-order valence-electron chi connectivity index (χ2n) is 5.26. The molecule has 5 heteroatoms. The molecule has 3 N–H and O–H groups in total. The predicted molar refractivity (Wildman–Crippen MR) is 80.8 cm³/mol. The van der Waals surface area contributed by atoms with Crippen LogP contribution in [0.5, 0.6) is 5.75 Å². The third-order valence-electron chi connectivity index (χ3n) is 3.93. The molecule has 0 radical (unpaired) electrons. The zero-order valence-electron chi connectivity index (χ0n) is 12.1. The van der Waals surface area contributed by atoms with Crippen LogP contribution in [0.2, 0.25) is 5.02 Å². The minimum atomic E-state index is 0.0521. The fraction of sp³-hybridized carbons (Fsp3) is 0.600. The molecule has 0 heterocycles. The fourth-order valence-electron chi connectivity index (χ4n) is 2.83. The lowest BCUT2D eigenvalue weighted by Gasteiger charge is -2.37. The summed E-state index contributed by atoms with van der Waals surface area (Å²) in [6.07, 6.45) is 3.60. The second-order valence-corrected chi connectivity index (χ2v) is 5.69. The minimum Gasteiger partial charge on any atom is -0.496 e. The summed E-state index contributed by atoms with van der Waals surface area (Å²) in [5, 5.41) is 0.696. The Bertz CT molecular complexity index is 436. The lowest BCUT2D eigenvalue weighted by atomic mass is 9.77. The largest absolute Gasteiger partial charge is 0.496 e. The fourth-order valence-corrected chi connectivity index (χ4v) is 3.01. The maximum Gasteiger partial charge on any atom is 0.123 e. The van der Waals surface area contributed by atoms with E-state index < -0.39 is 0 Å². The normalized spacial score (nSPS) is 23.2. The van der Waals surface area contributed by atoms with Gasteiger partial charge in [0, 0.05) is 23.2 Å². The number of methoxy groups -OCH3 is 1. The first kappa shape index (κ1) is 15.6. The molecule has 0 saturated heterocycles. The smallest absolute Gasteiger partial charge is 0.123 e. The lowest BCUT2D eigenvalue weighted by molar-refractivity contribution is -0.0292.